The quantitative estimate of drug-likeness (QED) is 0.107. The number of pyridine rings is 1. The molecule has 2 aliphatic rings. The summed E-state index contributed by atoms with van der Waals surface area (Å²) in [6.45, 7) is 14.8. The number of phenolic OH excluding ortho intramolecular Hbond substituents is 2. The Morgan fingerprint density at radius 2 is 1.65 bits per heavy atom. The molecule has 0 fully saturated rings. The lowest BCUT2D eigenvalue weighted by molar-refractivity contribution is -0.160. The summed E-state index contributed by atoms with van der Waals surface area (Å²) in [4.78, 5) is 40.8. The van der Waals surface area contributed by atoms with Crippen LogP contribution < -0.4 is 10.1 Å². The number of amides is 1. The van der Waals surface area contributed by atoms with E-state index in [1.165, 1.54) is 27.2 Å². The molecule has 5 N–H and O–H groups in total. The number of aliphatic hydroxyl groups excluding tert-OH is 2. The molecule has 13 nitrogen and oxygen atoms in total. The number of nitrogens with zero attached hydrogens (tertiary/aromatic N) is 1. The number of nitrogens with one attached hydrogen (secondary N) is 1. The SMILES string of the molecule is COC1/C=C/O[C@@]2(C)Oc3c(C)c(O)c4c(O)c(c5c(cc6cc(C)ccn65)c4c3C2=O)NC(=O)/C(C)=C\C=C/[C@H](C)[C@H](O)[C@@H](C)[C@@H](O)[C@@H](C)C(OC(C)=O)[C@H]1C. The Balaban J connectivity index is 1.58. The first-order valence-electron chi connectivity index (χ1n) is 19.1. The molecule has 2 aromatic carbocycles. The number of anilines is 1. The molecule has 0 spiro atoms. The van der Waals surface area contributed by atoms with E-state index in [9.17, 15) is 34.8 Å². The summed E-state index contributed by atoms with van der Waals surface area (Å²) in [5, 5.41) is 50.1. The van der Waals surface area contributed by atoms with Crippen LogP contribution in [0.2, 0.25) is 0 Å². The van der Waals surface area contributed by atoms with Crippen molar-refractivity contribution in [3.8, 4) is 17.2 Å². The number of esters is 1. The number of aromatic hydroxyl groups is 2. The Labute approximate surface area is 331 Å². The van der Waals surface area contributed by atoms with Gasteiger partial charge in [0.2, 0.25) is 0 Å². The molecule has 2 aromatic heterocycles. The minimum Gasteiger partial charge on any atom is -0.507 e. The lowest BCUT2D eigenvalue weighted by Crippen LogP contribution is -2.46. The van der Waals surface area contributed by atoms with Crippen LogP contribution in [0.15, 0.2) is 60.5 Å². The fourth-order valence-corrected chi connectivity index (χ4v) is 8.24. The molecule has 6 rings (SSSR count). The van der Waals surface area contributed by atoms with Crippen LogP contribution in [0.25, 0.3) is 27.2 Å². The van der Waals surface area contributed by atoms with E-state index < -0.39 is 77.3 Å². The average molecular weight is 785 g/mol. The van der Waals surface area contributed by atoms with Crippen LogP contribution in [0.3, 0.4) is 0 Å². The number of Topliss-reactive ketones (excluding diaryl/α,β-unsaturated/α-hetero) is 1. The van der Waals surface area contributed by atoms with Crippen molar-refractivity contribution in [2.45, 2.75) is 92.5 Å². The van der Waals surface area contributed by atoms with Crippen molar-refractivity contribution in [3.05, 3.63) is 77.2 Å². The van der Waals surface area contributed by atoms with E-state index in [0.717, 1.165) is 5.56 Å². The van der Waals surface area contributed by atoms with Crippen LogP contribution in [0.5, 0.6) is 17.2 Å². The minimum atomic E-state index is -1.93. The first kappa shape index (κ1) is 41.3. The molecule has 57 heavy (non-hydrogen) atoms. The number of ketones is 1. The number of aliphatic hydroxyl groups is 2. The molecular formula is C44H52N2O11. The molecule has 13 heteroatoms. The zero-order chi connectivity index (χ0) is 41.8. The van der Waals surface area contributed by atoms with Gasteiger partial charge < -0.3 is 49.1 Å². The van der Waals surface area contributed by atoms with Crippen molar-refractivity contribution < 1.29 is 53.8 Å². The number of hydrogen-bond acceptors (Lipinski definition) is 11. The standard InChI is InChI=1S/C44H52N2O11/c1-20-14-16-46-28(18-20)19-29-31-32-38(50)26(7)41-33(31)42(52)44(9,57-41)55-17-15-30(54-10)23(4)40(56-27(8)47)25(6)37(49)24(5)36(48)21(2)12-11-13-22(3)43(53)45-34(35(29)46)39(32)51/h11-19,21,23-25,30,36-37,40,48-51H,1-10H3,(H,45,53)/b12-11-,17-15+,22-13-/t21-,23-,24+,25+,30?,36-,37+,40?,44-/m0/s1. The number of hydrogen-bond donors (Lipinski definition) is 5. The number of carbonyl (C=O) groups excluding carboxylic acids is 3. The maximum Gasteiger partial charge on any atom is 0.312 e. The van der Waals surface area contributed by atoms with Crippen molar-refractivity contribution in [1.82, 2.24) is 4.40 Å². The predicted octanol–water partition coefficient (Wildman–Crippen LogP) is 6.76. The minimum absolute atomic E-state index is 0.0213. The van der Waals surface area contributed by atoms with Gasteiger partial charge in [0.25, 0.3) is 11.7 Å². The van der Waals surface area contributed by atoms with E-state index in [1.54, 1.807) is 76.4 Å². The van der Waals surface area contributed by atoms with E-state index in [0.29, 0.717) is 16.4 Å². The van der Waals surface area contributed by atoms with E-state index in [1.807, 2.05) is 25.1 Å². The van der Waals surface area contributed by atoms with Crippen LogP contribution in [0, 0.1) is 37.5 Å². The highest BCUT2D eigenvalue weighted by molar-refractivity contribution is 6.29. The summed E-state index contributed by atoms with van der Waals surface area (Å²) in [5.74, 6) is -6.71. The van der Waals surface area contributed by atoms with Crippen LogP contribution in [0.4, 0.5) is 5.69 Å². The summed E-state index contributed by atoms with van der Waals surface area (Å²) in [5.41, 5.74) is 2.57. The van der Waals surface area contributed by atoms with Crippen molar-refractivity contribution in [1.29, 1.82) is 0 Å². The molecule has 304 valence electrons. The first-order chi connectivity index (χ1) is 26.8. The van der Waals surface area contributed by atoms with Crippen LogP contribution in [-0.4, -0.2) is 79.8 Å². The predicted molar refractivity (Wildman–Crippen MR) is 215 cm³/mol. The Morgan fingerprint density at radius 1 is 0.947 bits per heavy atom. The fourth-order valence-electron chi connectivity index (χ4n) is 8.24. The van der Waals surface area contributed by atoms with E-state index >= 15 is 0 Å². The van der Waals surface area contributed by atoms with Crippen molar-refractivity contribution >= 4 is 50.5 Å². The summed E-state index contributed by atoms with van der Waals surface area (Å²) in [6, 6.07) is 5.61. The normalized spacial score (nSPS) is 30.8. The number of carbonyl (C=O) groups is 3. The van der Waals surface area contributed by atoms with Gasteiger partial charge in [-0.3, -0.25) is 14.4 Å². The molecule has 0 aliphatic carbocycles. The zero-order valence-electron chi connectivity index (χ0n) is 33.9. The number of allylic oxidation sites excluding steroid dienone is 2. The zero-order valence-corrected chi connectivity index (χ0v) is 33.9. The maximum absolute atomic E-state index is 14.6. The molecule has 0 radical (unpaired) electrons. The second kappa shape index (κ2) is 15.5. The Morgan fingerprint density at radius 3 is 2.32 bits per heavy atom. The Bertz CT molecular complexity index is 2370. The number of aryl methyl sites for hydroxylation is 1. The third kappa shape index (κ3) is 7.13. The van der Waals surface area contributed by atoms with E-state index in [2.05, 4.69) is 5.32 Å². The van der Waals surface area contributed by atoms with Gasteiger partial charge in [0.05, 0.1) is 41.0 Å². The molecule has 4 bridgehead atoms. The molecule has 0 saturated carbocycles. The Hall–Kier alpha value is -5.37. The number of benzene rings is 2. The maximum atomic E-state index is 14.6. The molecular weight excluding hydrogens is 732 g/mol. The van der Waals surface area contributed by atoms with E-state index in [-0.39, 0.29) is 44.7 Å². The topological polar surface area (TPSA) is 185 Å². The van der Waals surface area contributed by atoms with Gasteiger partial charge >= 0.3 is 11.8 Å². The molecule has 9 atom stereocenters. The molecule has 1 amide bonds. The van der Waals surface area contributed by atoms with Crippen molar-refractivity contribution in [2.75, 3.05) is 12.4 Å². The number of phenols is 2. The number of methoxy groups -OCH3 is 1. The lowest BCUT2D eigenvalue weighted by Gasteiger charge is -2.38. The van der Waals surface area contributed by atoms with E-state index in [4.69, 9.17) is 18.9 Å². The molecule has 0 saturated heterocycles. The number of ether oxygens (including phenoxy) is 4. The number of fused-ring (bicyclic) bond motifs is 2. The third-order valence-electron chi connectivity index (χ3n) is 11.7. The fraction of sp³-hybridized carbons (Fsp3) is 0.432. The van der Waals surface area contributed by atoms with Gasteiger partial charge in [-0.15, -0.1) is 0 Å². The summed E-state index contributed by atoms with van der Waals surface area (Å²) in [6.07, 6.45) is 5.78. The van der Waals surface area contributed by atoms with Crippen LogP contribution >= 0.6 is 0 Å². The highest BCUT2D eigenvalue weighted by atomic mass is 16.7. The van der Waals surface area contributed by atoms with Gasteiger partial charge in [-0.1, -0.05) is 45.9 Å². The smallest absolute Gasteiger partial charge is 0.312 e. The first-order valence-corrected chi connectivity index (χ1v) is 19.1. The summed E-state index contributed by atoms with van der Waals surface area (Å²) >= 11 is 0. The average Bonchev–Trinajstić information content (AvgIpc) is 3.67. The largest absolute Gasteiger partial charge is 0.507 e. The molecule has 4 heterocycles. The van der Waals surface area contributed by atoms with Gasteiger partial charge in [0, 0.05) is 78.3 Å². The Kier molecular flexibility index (Phi) is 11.2. The molecule has 2 aliphatic heterocycles. The third-order valence-corrected chi connectivity index (χ3v) is 11.7. The molecule has 4 aromatic rings. The van der Waals surface area contributed by atoms with Crippen molar-refractivity contribution in [3.63, 3.8) is 0 Å². The number of aromatic nitrogens is 1. The lowest BCUT2D eigenvalue weighted by atomic mass is 9.78. The summed E-state index contributed by atoms with van der Waals surface area (Å²) < 4.78 is 25.7. The van der Waals surface area contributed by atoms with Crippen molar-refractivity contribution in [2.24, 2.45) is 23.7 Å². The van der Waals surface area contributed by atoms with Gasteiger partial charge in [0.15, 0.2) is 5.75 Å². The van der Waals surface area contributed by atoms with Crippen LogP contribution in [0.1, 0.15) is 70.0 Å². The second-order valence-corrected chi connectivity index (χ2v) is 15.8. The monoisotopic (exact) mass is 784 g/mol. The van der Waals surface area contributed by atoms with Gasteiger partial charge in [0.1, 0.15) is 23.3 Å². The van der Waals surface area contributed by atoms with Gasteiger partial charge in [-0.05, 0) is 50.6 Å². The summed E-state index contributed by atoms with van der Waals surface area (Å²) in [7, 11) is 1.47. The van der Waals surface area contributed by atoms with Gasteiger partial charge in [-0.2, -0.15) is 0 Å². The van der Waals surface area contributed by atoms with Gasteiger partial charge in [-0.25, -0.2) is 0 Å². The second-order valence-electron chi connectivity index (χ2n) is 15.8. The number of rotatable bonds is 2. The molecule has 2 unspecified atom stereocenters. The van der Waals surface area contributed by atoms with Crippen LogP contribution in [-0.2, 0) is 23.8 Å². The highest BCUT2D eigenvalue weighted by Gasteiger charge is 2.49. The highest BCUT2D eigenvalue weighted by Crippen LogP contribution is 2.54.